The Balaban J connectivity index is 1.57. The number of carbonyl (C=O) groups excluding carboxylic acids is 1. The number of anilines is 1. The van der Waals surface area contributed by atoms with Crippen LogP contribution in [0.5, 0.6) is 0 Å². The molecular weight excluding hydrogens is 293 g/mol. The predicted molar refractivity (Wildman–Crippen MR) is 87.4 cm³/mol. The molecule has 1 saturated heterocycles. The first kappa shape index (κ1) is 15.5. The molecule has 0 radical (unpaired) electrons. The summed E-state index contributed by atoms with van der Waals surface area (Å²) in [4.78, 5) is 18.2. The van der Waals surface area contributed by atoms with Crippen molar-refractivity contribution < 1.29 is 9.18 Å². The van der Waals surface area contributed by atoms with Crippen molar-refractivity contribution in [3.8, 4) is 0 Å². The summed E-state index contributed by atoms with van der Waals surface area (Å²) in [5, 5.41) is 0. The summed E-state index contributed by atoms with van der Waals surface area (Å²) in [6, 6.07) is 10.3. The molecule has 0 spiro atoms. The summed E-state index contributed by atoms with van der Waals surface area (Å²) in [6.45, 7) is 1.39. The van der Waals surface area contributed by atoms with Crippen molar-refractivity contribution in [2.75, 3.05) is 18.8 Å². The highest BCUT2D eigenvalue weighted by atomic mass is 19.1. The Kier molecular flexibility index (Phi) is 4.55. The van der Waals surface area contributed by atoms with Crippen LogP contribution in [-0.4, -0.2) is 28.9 Å². The maximum absolute atomic E-state index is 13.7. The molecule has 3 rings (SSSR count). The summed E-state index contributed by atoms with van der Waals surface area (Å²) in [5.74, 6) is 0.673. The fraction of sp³-hybridized carbons (Fsp3) is 0.333. The summed E-state index contributed by atoms with van der Waals surface area (Å²) in [5.41, 5.74) is 6.87. The van der Waals surface area contributed by atoms with Gasteiger partial charge in [-0.2, -0.15) is 0 Å². The molecule has 0 aliphatic carbocycles. The fourth-order valence-corrected chi connectivity index (χ4v) is 3.03. The molecule has 0 saturated carbocycles. The van der Waals surface area contributed by atoms with Gasteiger partial charge in [-0.15, -0.1) is 0 Å². The van der Waals surface area contributed by atoms with Gasteiger partial charge >= 0.3 is 0 Å². The van der Waals surface area contributed by atoms with Gasteiger partial charge in [-0.1, -0.05) is 18.2 Å². The first-order valence-electron chi connectivity index (χ1n) is 7.87. The van der Waals surface area contributed by atoms with Crippen LogP contribution in [0.2, 0.25) is 0 Å². The maximum atomic E-state index is 13.7. The molecule has 0 bridgehead atoms. The number of nitrogens with two attached hydrogens (primary N) is 1. The van der Waals surface area contributed by atoms with Crippen LogP contribution in [-0.2, 0) is 6.42 Å². The van der Waals surface area contributed by atoms with Gasteiger partial charge in [-0.25, -0.2) is 9.37 Å². The molecule has 23 heavy (non-hydrogen) atoms. The van der Waals surface area contributed by atoms with Gasteiger partial charge in [0.1, 0.15) is 11.6 Å². The van der Waals surface area contributed by atoms with Crippen molar-refractivity contribution in [3.63, 3.8) is 0 Å². The molecule has 1 fully saturated rings. The fourth-order valence-electron chi connectivity index (χ4n) is 3.03. The number of hydrogen-bond acceptors (Lipinski definition) is 3. The minimum Gasteiger partial charge on any atom is -0.384 e. The molecule has 1 aromatic carbocycles. The molecule has 5 heteroatoms. The zero-order valence-corrected chi connectivity index (χ0v) is 12.9. The zero-order chi connectivity index (χ0) is 16.2. The minimum absolute atomic E-state index is 0.0122. The van der Waals surface area contributed by atoms with Gasteiger partial charge in [-0.05, 0) is 48.9 Å². The molecule has 2 aromatic rings. The van der Waals surface area contributed by atoms with Crippen molar-refractivity contribution in [2.24, 2.45) is 5.92 Å². The molecule has 1 amide bonds. The standard InChI is InChI=1S/C18H20FN3O/c19-16-4-2-1-3-14(16)11-13-7-9-22(10-8-13)18(23)15-5-6-17(20)21-12-15/h1-6,12-13H,7-11H2,(H2,20,21). The number of nitrogens with zero attached hydrogens (tertiary/aromatic N) is 2. The number of piperidine rings is 1. The van der Waals surface area contributed by atoms with Gasteiger partial charge in [0, 0.05) is 19.3 Å². The topological polar surface area (TPSA) is 59.2 Å². The van der Waals surface area contributed by atoms with E-state index in [9.17, 15) is 9.18 Å². The first-order valence-corrected chi connectivity index (χ1v) is 7.87. The number of benzene rings is 1. The Morgan fingerprint density at radius 3 is 2.61 bits per heavy atom. The highest BCUT2D eigenvalue weighted by Crippen LogP contribution is 2.24. The van der Waals surface area contributed by atoms with E-state index in [-0.39, 0.29) is 11.7 Å². The van der Waals surface area contributed by atoms with Crippen LogP contribution in [0, 0.1) is 11.7 Å². The lowest BCUT2D eigenvalue weighted by atomic mass is 9.90. The van der Waals surface area contributed by atoms with Crippen LogP contribution >= 0.6 is 0 Å². The summed E-state index contributed by atoms with van der Waals surface area (Å²) >= 11 is 0. The van der Waals surface area contributed by atoms with Gasteiger partial charge in [0.05, 0.1) is 5.56 Å². The average Bonchev–Trinajstić information content (AvgIpc) is 2.58. The van der Waals surface area contributed by atoms with Gasteiger partial charge in [0.15, 0.2) is 0 Å². The third-order valence-corrected chi connectivity index (χ3v) is 4.40. The first-order chi connectivity index (χ1) is 11.1. The van der Waals surface area contributed by atoms with Gasteiger partial charge in [0.2, 0.25) is 0 Å². The van der Waals surface area contributed by atoms with Crippen LogP contribution in [0.1, 0.15) is 28.8 Å². The number of rotatable bonds is 3. The van der Waals surface area contributed by atoms with E-state index in [1.807, 2.05) is 17.0 Å². The second-order valence-electron chi connectivity index (χ2n) is 6.00. The van der Waals surface area contributed by atoms with Crippen LogP contribution in [0.4, 0.5) is 10.2 Å². The third-order valence-electron chi connectivity index (χ3n) is 4.40. The Labute approximate surface area is 135 Å². The van der Waals surface area contributed by atoms with Crippen LogP contribution in [0.3, 0.4) is 0 Å². The van der Waals surface area contributed by atoms with E-state index in [1.54, 1.807) is 18.2 Å². The summed E-state index contributed by atoms with van der Waals surface area (Å²) in [6.07, 6.45) is 4.03. The number of aromatic nitrogens is 1. The zero-order valence-electron chi connectivity index (χ0n) is 12.9. The van der Waals surface area contributed by atoms with E-state index in [0.29, 0.717) is 30.4 Å². The van der Waals surface area contributed by atoms with Crippen molar-refractivity contribution in [3.05, 3.63) is 59.5 Å². The van der Waals surface area contributed by atoms with E-state index in [1.165, 1.54) is 12.3 Å². The van der Waals surface area contributed by atoms with Crippen molar-refractivity contribution in [1.82, 2.24) is 9.88 Å². The monoisotopic (exact) mass is 313 g/mol. The molecular formula is C18H20FN3O. The molecule has 2 N–H and O–H groups in total. The quantitative estimate of drug-likeness (QED) is 0.948. The number of nitrogen functional groups attached to an aromatic ring is 1. The number of carbonyl (C=O) groups is 1. The van der Waals surface area contributed by atoms with Crippen molar-refractivity contribution >= 4 is 11.7 Å². The number of hydrogen-bond donors (Lipinski definition) is 1. The van der Waals surface area contributed by atoms with Crippen molar-refractivity contribution in [2.45, 2.75) is 19.3 Å². The molecule has 0 unspecified atom stereocenters. The molecule has 1 aliphatic rings. The lowest BCUT2D eigenvalue weighted by Crippen LogP contribution is -2.39. The van der Waals surface area contributed by atoms with Crippen LogP contribution < -0.4 is 5.73 Å². The van der Waals surface area contributed by atoms with Crippen LogP contribution in [0.25, 0.3) is 0 Å². The molecule has 120 valence electrons. The summed E-state index contributed by atoms with van der Waals surface area (Å²) in [7, 11) is 0. The lowest BCUT2D eigenvalue weighted by Gasteiger charge is -2.32. The molecule has 1 aliphatic heterocycles. The molecule has 4 nitrogen and oxygen atoms in total. The number of amides is 1. The Hall–Kier alpha value is -2.43. The molecule has 1 aromatic heterocycles. The molecule has 0 atom stereocenters. The number of likely N-dealkylation sites (tertiary alicyclic amines) is 1. The SMILES string of the molecule is Nc1ccc(C(=O)N2CCC(Cc3ccccc3F)CC2)cn1. The summed E-state index contributed by atoms with van der Waals surface area (Å²) < 4.78 is 13.7. The number of halogens is 1. The molecule has 2 heterocycles. The van der Waals surface area contributed by atoms with Gasteiger partial charge in [-0.3, -0.25) is 4.79 Å². The highest BCUT2D eigenvalue weighted by Gasteiger charge is 2.24. The van der Waals surface area contributed by atoms with Gasteiger partial charge < -0.3 is 10.6 Å². The normalized spacial score (nSPS) is 15.6. The largest absolute Gasteiger partial charge is 0.384 e. The Bertz CT molecular complexity index is 679. The van der Waals surface area contributed by atoms with E-state index in [2.05, 4.69) is 4.98 Å². The van der Waals surface area contributed by atoms with Gasteiger partial charge in [0.25, 0.3) is 5.91 Å². The lowest BCUT2D eigenvalue weighted by molar-refractivity contribution is 0.0690. The smallest absolute Gasteiger partial charge is 0.255 e. The van der Waals surface area contributed by atoms with E-state index in [4.69, 9.17) is 5.73 Å². The van der Waals surface area contributed by atoms with Crippen LogP contribution in [0.15, 0.2) is 42.6 Å². The van der Waals surface area contributed by atoms with Crippen molar-refractivity contribution in [1.29, 1.82) is 0 Å². The average molecular weight is 313 g/mol. The predicted octanol–water partition coefficient (Wildman–Crippen LogP) is 2.90. The minimum atomic E-state index is -0.140. The third kappa shape index (κ3) is 3.67. The van der Waals surface area contributed by atoms with E-state index in [0.717, 1.165) is 24.8 Å². The second-order valence-corrected chi connectivity index (χ2v) is 6.00. The highest BCUT2D eigenvalue weighted by molar-refractivity contribution is 5.94. The second kappa shape index (κ2) is 6.77. The Morgan fingerprint density at radius 2 is 1.96 bits per heavy atom. The number of pyridine rings is 1. The maximum Gasteiger partial charge on any atom is 0.255 e. The van der Waals surface area contributed by atoms with E-state index < -0.39 is 0 Å². The van der Waals surface area contributed by atoms with E-state index >= 15 is 0 Å². The Morgan fingerprint density at radius 1 is 1.22 bits per heavy atom.